The van der Waals surface area contributed by atoms with Gasteiger partial charge in [0.05, 0.1) is 26.8 Å². The average molecular weight is 378 g/mol. The lowest BCUT2D eigenvalue weighted by molar-refractivity contribution is 0.324. The second-order valence-electron chi connectivity index (χ2n) is 4.92. The van der Waals surface area contributed by atoms with E-state index in [4.69, 9.17) is 14.2 Å². The van der Waals surface area contributed by atoms with Crippen LogP contribution in [-0.4, -0.2) is 36.3 Å². The van der Waals surface area contributed by atoms with E-state index in [0.29, 0.717) is 29.3 Å². The van der Waals surface area contributed by atoms with E-state index in [-0.39, 0.29) is 0 Å². The van der Waals surface area contributed by atoms with Crippen molar-refractivity contribution in [3.8, 4) is 17.2 Å². The number of imidazole rings is 1. The van der Waals surface area contributed by atoms with Gasteiger partial charge in [0.25, 0.3) is 0 Å². The van der Waals surface area contributed by atoms with Crippen LogP contribution in [0.1, 0.15) is 11.4 Å². The van der Waals surface area contributed by atoms with Gasteiger partial charge in [0.1, 0.15) is 5.82 Å². The third-order valence-electron chi connectivity index (χ3n) is 3.45. The first-order chi connectivity index (χ1) is 11.1. The molecule has 0 radical (unpaired) electrons. The fraction of sp³-hybridized carbons (Fsp3) is 0.250. The number of H-pyrrole nitrogens is 1. The molecule has 3 rings (SSSR count). The van der Waals surface area contributed by atoms with Crippen molar-refractivity contribution in [1.29, 1.82) is 0 Å². The molecule has 1 N–H and O–H groups in total. The van der Waals surface area contributed by atoms with Crippen molar-refractivity contribution in [2.24, 2.45) is 0 Å². The van der Waals surface area contributed by atoms with Gasteiger partial charge in [-0.15, -0.1) is 0 Å². The van der Waals surface area contributed by atoms with Crippen LogP contribution >= 0.6 is 15.9 Å². The second-order valence-corrected chi connectivity index (χ2v) is 5.83. The zero-order chi connectivity index (χ0) is 16.4. The highest BCUT2D eigenvalue weighted by molar-refractivity contribution is 9.10. The Morgan fingerprint density at radius 3 is 2.35 bits per heavy atom. The van der Waals surface area contributed by atoms with Crippen LogP contribution in [0.2, 0.25) is 0 Å². The number of nitrogens with zero attached hydrogens (tertiary/aromatic N) is 2. The minimum atomic E-state index is 0.578. The number of aromatic amines is 1. The SMILES string of the molecule is COc1cc(Cc2nc3ncc(Br)cc3[nH]2)cc(OC)c1OC. The Morgan fingerprint density at radius 1 is 1.04 bits per heavy atom. The number of halogens is 1. The predicted molar refractivity (Wildman–Crippen MR) is 90.5 cm³/mol. The highest BCUT2D eigenvalue weighted by Gasteiger charge is 2.14. The zero-order valence-corrected chi connectivity index (χ0v) is 14.6. The number of fused-ring (bicyclic) bond motifs is 1. The standard InChI is InChI=1S/C16H16BrN3O3/c1-21-12-4-9(5-13(22-2)15(12)23-3)6-14-19-11-7-10(17)8-18-16(11)20-14/h4-5,7-8H,6H2,1-3H3,(H,18,19,20). The van der Waals surface area contributed by atoms with Crippen LogP contribution in [-0.2, 0) is 6.42 Å². The number of benzene rings is 1. The Morgan fingerprint density at radius 2 is 1.74 bits per heavy atom. The monoisotopic (exact) mass is 377 g/mol. The van der Waals surface area contributed by atoms with Gasteiger partial charge in [-0.3, -0.25) is 0 Å². The van der Waals surface area contributed by atoms with Crippen molar-refractivity contribution in [1.82, 2.24) is 15.0 Å². The summed E-state index contributed by atoms with van der Waals surface area (Å²) in [6.07, 6.45) is 2.33. The van der Waals surface area contributed by atoms with Gasteiger partial charge < -0.3 is 19.2 Å². The lowest BCUT2D eigenvalue weighted by Crippen LogP contribution is -1.98. The maximum Gasteiger partial charge on any atom is 0.203 e. The third-order valence-corrected chi connectivity index (χ3v) is 3.88. The molecule has 0 aliphatic carbocycles. The van der Waals surface area contributed by atoms with Gasteiger partial charge in [-0.1, -0.05) is 0 Å². The lowest BCUT2D eigenvalue weighted by atomic mass is 10.1. The molecule has 2 heterocycles. The molecule has 0 bridgehead atoms. The van der Waals surface area contributed by atoms with Crippen LogP contribution in [0.5, 0.6) is 17.2 Å². The number of hydrogen-bond acceptors (Lipinski definition) is 5. The fourth-order valence-electron chi connectivity index (χ4n) is 2.44. The summed E-state index contributed by atoms with van der Waals surface area (Å²) in [5.41, 5.74) is 2.58. The molecule has 120 valence electrons. The molecule has 0 aliphatic rings. The minimum Gasteiger partial charge on any atom is -0.493 e. The van der Waals surface area contributed by atoms with Gasteiger partial charge in [-0.05, 0) is 39.7 Å². The molecule has 0 spiro atoms. The highest BCUT2D eigenvalue weighted by atomic mass is 79.9. The molecule has 0 unspecified atom stereocenters. The number of nitrogens with one attached hydrogen (secondary N) is 1. The Bertz CT molecular complexity index is 823. The van der Waals surface area contributed by atoms with Crippen molar-refractivity contribution >= 4 is 27.1 Å². The molecule has 7 heteroatoms. The third kappa shape index (κ3) is 3.10. The summed E-state index contributed by atoms with van der Waals surface area (Å²) in [5, 5.41) is 0. The molecule has 1 aromatic carbocycles. The minimum absolute atomic E-state index is 0.578. The number of hydrogen-bond donors (Lipinski definition) is 1. The van der Waals surface area contributed by atoms with Crippen molar-refractivity contribution in [3.63, 3.8) is 0 Å². The first-order valence-corrected chi connectivity index (χ1v) is 7.73. The highest BCUT2D eigenvalue weighted by Crippen LogP contribution is 2.38. The Labute approximate surface area is 141 Å². The maximum absolute atomic E-state index is 5.38. The molecule has 0 amide bonds. The molecule has 0 fully saturated rings. The van der Waals surface area contributed by atoms with Crippen molar-refractivity contribution in [3.05, 3.63) is 40.3 Å². The number of aromatic nitrogens is 3. The molecule has 2 aromatic heterocycles. The van der Waals surface area contributed by atoms with Crippen LogP contribution < -0.4 is 14.2 Å². The molecule has 23 heavy (non-hydrogen) atoms. The lowest BCUT2D eigenvalue weighted by Gasteiger charge is -2.13. The molecule has 3 aromatic rings. The summed E-state index contributed by atoms with van der Waals surface area (Å²) in [5.74, 6) is 2.64. The van der Waals surface area contributed by atoms with Gasteiger partial charge in [-0.25, -0.2) is 9.97 Å². The second kappa shape index (κ2) is 6.45. The van der Waals surface area contributed by atoms with Crippen LogP contribution in [0, 0.1) is 0 Å². The molecule has 0 aliphatic heterocycles. The number of methoxy groups -OCH3 is 3. The van der Waals surface area contributed by atoms with Crippen molar-refractivity contribution in [2.75, 3.05) is 21.3 Å². The molecule has 0 saturated heterocycles. The van der Waals surface area contributed by atoms with E-state index >= 15 is 0 Å². The molecular formula is C16H16BrN3O3. The summed E-state index contributed by atoms with van der Waals surface area (Å²) >= 11 is 3.40. The van der Waals surface area contributed by atoms with E-state index in [1.54, 1.807) is 27.5 Å². The average Bonchev–Trinajstić information content (AvgIpc) is 2.94. The largest absolute Gasteiger partial charge is 0.493 e. The van der Waals surface area contributed by atoms with E-state index in [1.165, 1.54) is 0 Å². The summed E-state index contributed by atoms with van der Waals surface area (Å²) < 4.78 is 17.0. The fourth-order valence-corrected chi connectivity index (χ4v) is 2.77. The van der Waals surface area contributed by atoms with Crippen molar-refractivity contribution in [2.45, 2.75) is 6.42 Å². The number of pyridine rings is 1. The van der Waals surface area contributed by atoms with E-state index in [9.17, 15) is 0 Å². The van der Waals surface area contributed by atoms with Gasteiger partial charge in [-0.2, -0.15) is 0 Å². The molecule has 0 saturated carbocycles. The van der Waals surface area contributed by atoms with Gasteiger partial charge in [0.15, 0.2) is 17.1 Å². The first kappa shape index (κ1) is 15.6. The quantitative estimate of drug-likeness (QED) is 0.738. The molecule has 0 atom stereocenters. The number of rotatable bonds is 5. The predicted octanol–water partition coefficient (Wildman–Crippen LogP) is 3.34. The summed E-state index contributed by atoms with van der Waals surface area (Å²) in [6.45, 7) is 0. The van der Waals surface area contributed by atoms with Crippen LogP contribution in [0.25, 0.3) is 11.2 Å². The van der Waals surface area contributed by atoms with E-state index in [0.717, 1.165) is 21.4 Å². The van der Waals surface area contributed by atoms with Crippen LogP contribution in [0.4, 0.5) is 0 Å². The zero-order valence-electron chi connectivity index (χ0n) is 13.0. The first-order valence-electron chi connectivity index (χ1n) is 6.93. The summed E-state index contributed by atoms with van der Waals surface area (Å²) in [4.78, 5) is 12.1. The van der Waals surface area contributed by atoms with E-state index < -0.39 is 0 Å². The van der Waals surface area contributed by atoms with Crippen LogP contribution in [0.3, 0.4) is 0 Å². The number of ether oxygens (including phenoxy) is 3. The van der Waals surface area contributed by atoms with E-state index in [1.807, 2.05) is 18.2 Å². The topological polar surface area (TPSA) is 69.3 Å². The van der Waals surface area contributed by atoms with Gasteiger partial charge >= 0.3 is 0 Å². The van der Waals surface area contributed by atoms with Crippen LogP contribution in [0.15, 0.2) is 28.9 Å². The Kier molecular flexibility index (Phi) is 4.38. The molecule has 6 nitrogen and oxygen atoms in total. The normalized spacial score (nSPS) is 10.8. The molecular weight excluding hydrogens is 362 g/mol. The van der Waals surface area contributed by atoms with E-state index in [2.05, 4.69) is 30.9 Å². The Balaban J connectivity index is 1.97. The maximum atomic E-state index is 5.38. The smallest absolute Gasteiger partial charge is 0.203 e. The van der Waals surface area contributed by atoms with Gasteiger partial charge in [0.2, 0.25) is 5.75 Å². The Hall–Kier alpha value is -2.28. The van der Waals surface area contributed by atoms with Crippen molar-refractivity contribution < 1.29 is 14.2 Å². The summed E-state index contributed by atoms with van der Waals surface area (Å²) in [6, 6.07) is 5.78. The summed E-state index contributed by atoms with van der Waals surface area (Å²) in [7, 11) is 4.79. The van der Waals surface area contributed by atoms with Gasteiger partial charge in [0, 0.05) is 17.1 Å².